The number of carbonyl (C=O) groups excluding carboxylic acids is 1. The highest BCUT2D eigenvalue weighted by molar-refractivity contribution is 6.35. The smallest absolute Gasteiger partial charge is 0.340 e. The van der Waals surface area contributed by atoms with Gasteiger partial charge in [0, 0.05) is 6.07 Å². The van der Waals surface area contributed by atoms with Crippen LogP contribution in [0.5, 0.6) is 0 Å². The zero-order chi connectivity index (χ0) is 15.6. The van der Waals surface area contributed by atoms with Gasteiger partial charge in [0.05, 0.1) is 10.5 Å². The molecular formula is C15H18ClNO4. The van der Waals surface area contributed by atoms with Crippen LogP contribution in [0.3, 0.4) is 0 Å². The molecule has 0 radical (unpaired) electrons. The van der Waals surface area contributed by atoms with Crippen molar-refractivity contribution in [2.75, 3.05) is 0 Å². The van der Waals surface area contributed by atoms with Gasteiger partial charge in [0.1, 0.15) is 11.1 Å². The average Bonchev–Trinajstić information content (AvgIpc) is 2.37. The normalized spacial score (nSPS) is 25.4. The average molecular weight is 312 g/mol. The van der Waals surface area contributed by atoms with Gasteiger partial charge in [0.25, 0.3) is 5.69 Å². The van der Waals surface area contributed by atoms with E-state index in [-0.39, 0.29) is 22.4 Å². The van der Waals surface area contributed by atoms with Crippen molar-refractivity contribution in [3.05, 3.63) is 38.9 Å². The van der Waals surface area contributed by atoms with Crippen LogP contribution in [0.15, 0.2) is 18.2 Å². The maximum absolute atomic E-state index is 12.2. The molecule has 5 nitrogen and oxygen atoms in total. The summed E-state index contributed by atoms with van der Waals surface area (Å²) in [6, 6.07) is 4.16. The maximum Gasteiger partial charge on any atom is 0.340 e. The molecule has 0 heterocycles. The number of nitro groups is 1. The van der Waals surface area contributed by atoms with Gasteiger partial charge >= 0.3 is 5.97 Å². The highest BCUT2D eigenvalue weighted by Gasteiger charge is 2.28. The summed E-state index contributed by atoms with van der Waals surface area (Å²) in [5, 5.41) is 10.7. The molecular weight excluding hydrogens is 294 g/mol. The lowest BCUT2D eigenvalue weighted by Crippen LogP contribution is -2.28. The van der Waals surface area contributed by atoms with Crippen LogP contribution in [0.1, 0.15) is 43.5 Å². The lowest BCUT2D eigenvalue weighted by molar-refractivity contribution is -0.384. The second-order valence-electron chi connectivity index (χ2n) is 5.84. The minimum Gasteiger partial charge on any atom is -0.459 e. The van der Waals surface area contributed by atoms with E-state index in [0.29, 0.717) is 11.8 Å². The molecule has 0 N–H and O–H groups in total. The first-order valence-electron chi connectivity index (χ1n) is 7.02. The number of hydrogen-bond donors (Lipinski definition) is 0. The number of nitrogens with zero attached hydrogens (tertiary/aromatic N) is 1. The van der Waals surface area contributed by atoms with E-state index in [2.05, 4.69) is 13.8 Å². The van der Waals surface area contributed by atoms with Crippen LogP contribution < -0.4 is 0 Å². The molecule has 2 atom stereocenters. The van der Waals surface area contributed by atoms with Gasteiger partial charge in [-0.25, -0.2) is 4.79 Å². The molecule has 1 aromatic carbocycles. The number of benzene rings is 1. The van der Waals surface area contributed by atoms with E-state index in [1.54, 1.807) is 0 Å². The molecule has 1 fully saturated rings. The van der Waals surface area contributed by atoms with Gasteiger partial charge in [0.2, 0.25) is 0 Å². The highest BCUT2D eigenvalue weighted by atomic mass is 35.5. The molecule has 2 rings (SSSR count). The fourth-order valence-electron chi connectivity index (χ4n) is 3.00. The molecule has 0 bridgehead atoms. The van der Waals surface area contributed by atoms with E-state index in [9.17, 15) is 14.9 Å². The molecule has 1 aliphatic rings. The summed E-state index contributed by atoms with van der Waals surface area (Å²) in [4.78, 5) is 22.4. The molecule has 0 spiro atoms. The Morgan fingerprint density at radius 3 is 2.48 bits per heavy atom. The molecule has 0 aromatic heterocycles. The molecule has 1 aromatic rings. The van der Waals surface area contributed by atoms with Crippen molar-refractivity contribution in [1.29, 1.82) is 0 Å². The fourth-order valence-corrected chi connectivity index (χ4v) is 3.27. The molecule has 0 amide bonds. The second kappa shape index (κ2) is 6.43. The summed E-state index contributed by atoms with van der Waals surface area (Å²) >= 11 is 5.93. The third kappa shape index (κ3) is 3.73. The Morgan fingerprint density at radius 2 is 1.90 bits per heavy atom. The third-order valence-electron chi connectivity index (χ3n) is 3.80. The predicted octanol–water partition coefficient (Wildman–Crippen LogP) is 4.23. The van der Waals surface area contributed by atoms with E-state index in [1.807, 2.05) is 0 Å². The Bertz CT molecular complexity index is 551. The summed E-state index contributed by atoms with van der Waals surface area (Å²) in [6.45, 7) is 4.27. The SMILES string of the molecule is CC1CC(C)CC(OC(=O)c2cccc([N+](=O)[O-])c2Cl)C1. The third-order valence-corrected chi connectivity index (χ3v) is 4.20. The largest absolute Gasteiger partial charge is 0.459 e. The van der Waals surface area contributed by atoms with Crippen molar-refractivity contribution < 1.29 is 14.5 Å². The molecule has 1 aliphatic carbocycles. The quantitative estimate of drug-likeness (QED) is 0.476. The van der Waals surface area contributed by atoms with Crippen molar-refractivity contribution in [3.63, 3.8) is 0 Å². The number of carbonyl (C=O) groups is 1. The van der Waals surface area contributed by atoms with Gasteiger partial charge in [0.15, 0.2) is 0 Å². The molecule has 0 saturated heterocycles. The molecule has 2 unspecified atom stereocenters. The topological polar surface area (TPSA) is 69.4 Å². The van der Waals surface area contributed by atoms with Crippen LogP contribution in [0, 0.1) is 22.0 Å². The van der Waals surface area contributed by atoms with E-state index in [4.69, 9.17) is 16.3 Å². The van der Waals surface area contributed by atoms with E-state index >= 15 is 0 Å². The Balaban J connectivity index is 2.14. The molecule has 6 heteroatoms. The molecule has 1 saturated carbocycles. The summed E-state index contributed by atoms with van der Waals surface area (Å²) < 4.78 is 5.49. The first kappa shape index (κ1) is 15.8. The number of esters is 1. The summed E-state index contributed by atoms with van der Waals surface area (Å²) in [5.41, 5.74) is -0.228. The maximum atomic E-state index is 12.2. The first-order valence-corrected chi connectivity index (χ1v) is 7.40. The Kier molecular flexibility index (Phi) is 4.83. The number of nitro benzene ring substituents is 1. The van der Waals surface area contributed by atoms with Crippen molar-refractivity contribution in [1.82, 2.24) is 0 Å². The standard InChI is InChI=1S/C15H18ClNO4/c1-9-6-10(2)8-11(7-9)21-15(18)12-4-3-5-13(14(12)16)17(19)20/h3-5,9-11H,6-8H2,1-2H3. The van der Waals surface area contributed by atoms with E-state index in [0.717, 1.165) is 19.3 Å². The van der Waals surface area contributed by atoms with Gasteiger partial charge in [-0.2, -0.15) is 0 Å². The zero-order valence-electron chi connectivity index (χ0n) is 12.0. The highest BCUT2D eigenvalue weighted by Crippen LogP contribution is 2.32. The van der Waals surface area contributed by atoms with Crippen molar-refractivity contribution in [2.45, 2.75) is 39.2 Å². The van der Waals surface area contributed by atoms with E-state index in [1.165, 1.54) is 18.2 Å². The van der Waals surface area contributed by atoms with Crippen molar-refractivity contribution >= 4 is 23.3 Å². The Hall–Kier alpha value is -1.62. The fraction of sp³-hybridized carbons (Fsp3) is 0.533. The lowest BCUT2D eigenvalue weighted by Gasteiger charge is -2.31. The van der Waals surface area contributed by atoms with Crippen LogP contribution >= 0.6 is 11.6 Å². The molecule has 21 heavy (non-hydrogen) atoms. The van der Waals surface area contributed by atoms with Crippen LogP contribution in [0.2, 0.25) is 5.02 Å². The number of rotatable bonds is 3. The summed E-state index contributed by atoms with van der Waals surface area (Å²) in [6.07, 6.45) is 2.63. The molecule has 114 valence electrons. The first-order chi connectivity index (χ1) is 9.88. The minimum absolute atomic E-state index is 0.0525. The van der Waals surface area contributed by atoms with Gasteiger partial charge in [-0.3, -0.25) is 10.1 Å². The predicted molar refractivity (Wildman–Crippen MR) is 79.5 cm³/mol. The summed E-state index contributed by atoms with van der Waals surface area (Å²) in [7, 11) is 0. The van der Waals surface area contributed by atoms with Crippen LogP contribution in [0.25, 0.3) is 0 Å². The van der Waals surface area contributed by atoms with Crippen molar-refractivity contribution in [3.8, 4) is 0 Å². The van der Waals surface area contributed by atoms with E-state index < -0.39 is 10.9 Å². The van der Waals surface area contributed by atoms with Gasteiger partial charge in [-0.1, -0.05) is 31.5 Å². The summed E-state index contributed by atoms with van der Waals surface area (Å²) in [5.74, 6) is 0.425. The lowest BCUT2D eigenvalue weighted by atomic mass is 9.82. The zero-order valence-corrected chi connectivity index (χ0v) is 12.8. The minimum atomic E-state index is -0.607. The van der Waals surface area contributed by atoms with Crippen LogP contribution in [-0.4, -0.2) is 17.0 Å². The van der Waals surface area contributed by atoms with Crippen LogP contribution in [0.4, 0.5) is 5.69 Å². The number of hydrogen-bond acceptors (Lipinski definition) is 4. The Labute approximate surface area is 128 Å². The number of halogens is 1. The second-order valence-corrected chi connectivity index (χ2v) is 6.22. The molecule has 0 aliphatic heterocycles. The monoisotopic (exact) mass is 311 g/mol. The van der Waals surface area contributed by atoms with Gasteiger partial charge in [-0.15, -0.1) is 0 Å². The Morgan fingerprint density at radius 1 is 1.29 bits per heavy atom. The van der Waals surface area contributed by atoms with Crippen molar-refractivity contribution in [2.24, 2.45) is 11.8 Å². The van der Waals surface area contributed by atoms with Gasteiger partial charge in [-0.05, 0) is 37.2 Å². The van der Waals surface area contributed by atoms with Crippen LogP contribution in [-0.2, 0) is 4.74 Å². The number of ether oxygens (including phenoxy) is 1. The van der Waals surface area contributed by atoms with Gasteiger partial charge < -0.3 is 4.74 Å².